The average Bonchev–Trinajstić information content (AvgIpc) is 2.58. The fourth-order valence-electron chi connectivity index (χ4n) is 2.36. The monoisotopic (exact) mass is 335 g/mol. The molecular formula is C18H25NO5. The molecule has 0 radical (unpaired) electrons. The van der Waals surface area contributed by atoms with E-state index in [-0.39, 0.29) is 6.08 Å². The van der Waals surface area contributed by atoms with E-state index in [4.69, 9.17) is 18.9 Å². The normalized spacial score (nSPS) is 21.8. The Morgan fingerprint density at radius 2 is 2.00 bits per heavy atom. The number of nitrogens with zero attached hydrogens (tertiary/aromatic N) is 1. The topological polar surface area (TPSA) is 66.3 Å². The predicted molar refractivity (Wildman–Crippen MR) is 89.5 cm³/mol. The van der Waals surface area contributed by atoms with Gasteiger partial charge in [0.2, 0.25) is 0 Å². The zero-order valence-corrected chi connectivity index (χ0v) is 14.4. The van der Waals surface area contributed by atoms with Crippen molar-refractivity contribution in [2.75, 3.05) is 13.2 Å². The fraction of sp³-hybridized carbons (Fsp3) is 0.556. The van der Waals surface area contributed by atoms with Gasteiger partial charge in [-0.25, -0.2) is 9.79 Å². The van der Waals surface area contributed by atoms with E-state index in [1.54, 1.807) is 6.92 Å². The maximum Gasteiger partial charge on any atom is 0.392 e. The van der Waals surface area contributed by atoms with Crippen molar-refractivity contribution in [3.63, 3.8) is 0 Å². The number of cyclic esters (lactones) is 1. The van der Waals surface area contributed by atoms with Gasteiger partial charge in [-0.05, 0) is 25.8 Å². The van der Waals surface area contributed by atoms with Crippen molar-refractivity contribution in [2.45, 2.75) is 52.0 Å². The summed E-state index contributed by atoms with van der Waals surface area (Å²) < 4.78 is 21.8. The molecule has 1 aromatic carbocycles. The second-order valence-corrected chi connectivity index (χ2v) is 5.45. The Hall–Kier alpha value is -1.92. The fourth-order valence-corrected chi connectivity index (χ4v) is 2.36. The van der Waals surface area contributed by atoms with Crippen LogP contribution in [0.25, 0.3) is 0 Å². The predicted octanol–water partition coefficient (Wildman–Crippen LogP) is 3.22. The number of carbonyl (C=O) groups excluding carboxylic acids is 1. The lowest BCUT2D eigenvalue weighted by atomic mass is 10.0. The molecule has 3 unspecified atom stereocenters. The highest BCUT2D eigenvalue weighted by Crippen LogP contribution is 2.29. The van der Waals surface area contributed by atoms with Gasteiger partial charge in [-0.2, -0.15) is 0 Å². The lowest BCUT2D eigenvalue weighted by molar-refractivity contribution is -0.189. The minimum absolute atomic E-state index is 0.00576. The van der Waals surface area contributed by atoms with Crippen LogP contribution in [-0.2, 0) is 23.7 Å². The molecule has 0 aromatic heterocycles. The number of unbranched alkanes of at least 4 members (excludes halogenated alkanes) is 1. The maximum absolute atomic E-state index is 12.4. The summed E-state index contributed by atoms with van der Waals surface area (Å²) in [6.07, 6.45) is 0.463. The summed E-state index contributed by atoms with van der Waals surface area (Å²) in [5, 5.41) is 0. The molecule has 0 spiro atoms. The minimum atomic E-state index is -0.868. The molecule has 1 aliphatic rings. The number of ether oxygens (including phenoxy) is 4. The number of hydrogen-bond acceptors (Lipinski definition) is 6. The van der Waals surface area contributed by atoms with Gasteiger partial charge in [-0.1, -0.05) is 43.7 Å². The number of rotatable bonds is 8. The van der Waals surface area contributed by atoms with E-state index >= 15 is 0 Å². The van der Waals surface area contributed by atoms with Crippen molar-refractivity contribution in [1.82, 2.24) is 0 Å². The van der Waals surface area contributed by atoms with Gasteiger partial charge < -0.3 is 18.9 Å². The quantitative estimate of drug-likeness (QED) is 0.414. The number of hydrogen-bond donors (Lipinski definition) is 0. The van der Waals surface area contributed by atoms with E-state index in [0.717, 1.165) is 18.4 Å². The summed E-state index contributed by atoms with van der Waals surface area (Å²) in [5.74, 6) is -0.517. The number of benzene rings is 1. The van der Waals surface area contributed by atoms with Crippen molar-refractivity contribution >= 4 is 12.1 Å². The highest BCUT2D eigenvalue weighted by molar-refractivity contribution is 5.90. The molecule has 1 heterocycles. The first-order valence-corrected chi connectivity index (χ1v) is 8.40. The first-order valence-electron chi connectivity index (χ1n) is 8.40. The number of esters is 1. The molecule has 132 valence electrons. The first-order chi connectivity index (χ1) is 11.7. The van der Waals surface area contributed by atoms with Gasteiger partial charge in [-0.15, -0.1) is 0 Å². The van der Waals surface area contributed by atoms with Gasteiger partial charge in [0.1, 0.15) is 6.04 Å². The van der Waals surface area contributed by atoms with E-state index < -0.39 is 24.4 Å². The number of carbonyl (C=O) groups is 1. The summed E-state index contributed by atoms with van der Waals surface area (Å²) in [7, 11) is 0. The third kappa shape index (κ3) is 5.04. The molecular weight excluding hydrogens is 310 g/mol. The highest BCUT2D eigenvalue weighted by atomic mass is 16.7. The summed E-state index contributed by atoms with van der Waals surface area (Å²) in [5.41, 5.74) is 0.861. The molecule has 0 saturated heterocycles. The molecule has 0 N–H and O–H groups in total. The number of aliphatic imine (C=N–C) groups is 1. The second-order valence-electron chi connectivity index (χ2n) is 5.45. The van der Waals surface area contributed by atoms with Crippen LogP contribution >= 0.6 is 0 Å². The summed E-state index contributed by atoms with van der Waals surface area (Å²) in [6, 6.07) is 8.98. The van der Waals surface area contributed by atoms with E-state index in [1.807, 2.05) is 37.3 Å². The van der Waals surface area contributed by atoms with Gasteiger partial charge in [-0.3, -0.25) is 0 Å². The van der Waals surface area contributed by atoms with Crippen LogP contribution in [-0.4, -0.2) is 37.7 Å². The van der Waals surface area contributed by atoms with Crippen LogP contribution in [0.2, 0.25) is 0 Å². The highest BCUT2D eigenvalue weighted by Gasteiger charge is 2.39. The Kier molecular flexibility index (Phi) is 7.21. The first kappa shape index (κ1) is 18.4. The summed E-state index contributed by atoms with van der Waals surface area (Å²) in [4.78, 5) is 16.8. The van der Waals surface area contributed by atoms with Gasteiger partial charge in [0.15, 0.2) is 12.4 Å². The molecule has 1 aliphatic heterocycles. The molecule has 1 aromatic rings. The smallest absolute Gasteiger partial charge is 0.392 e. The Bertz CT molecular complexity index is 546. The molecule has 3 atom stereocenters. The summed E-state index contributed by atoms with van der Waals surface area (Å²) in [6.45, 7) is 6.63. The van der Waals surface area contributed by atoms with Crippen LogP contribution in [0.4, 0.5) is 0 Å². The van der Waals surface area contributed by atoms with Gasteiger partial charge in [0.25, 0.3) is 0 Å². The molecule has 0 aliphatic carbocycles. The molecule has 2 rings (SSSR count). The lowest BCUT2D eigenvalue weighted by Gasteiger charge is -2.29. The Balaban J connectivity index is 2.20. The van der Waals surface area contributed by atoms with Crippen LogP contribution in [0.3, 0.4) is 0 Å². The minimum Gasteiger partial charge on any atom is -0.450 e. The summed E-state index contributed by atoms with van der Waals surface area (Å²) >= 11 is 0. The van der Waals surface area contributed by atoms with Gasteiger partial charge in [0, 0.05) is 6.61 Å². The molecule has 0 fully saturated rings. The van der Waals surface area contributed by atoms with Crippen molar-refractivity contribution in [3.8, 4) is 0 Å². The Morgan fingerprint density at radius 1 is 1.25 bits per heavy atom. The van der Waals surface area contributed by atoms with E-state index in [9.17, 15) is 4.79 Å². The molecule has 0 amide bonds. The van der Waals surface area contributed by atoms with Crippen LogP contribution in [0.1, 0.15) is 45.2 Å². The molecule has 0 saturated carbocycles. The molecule has 6 nitrogen and oxygen atoms in total. The van der Waals surface area contributed by atoms with Crippen LogP contribution < -0.4 is 0 Å². The molecule has 6 heteroatoms. The van der Waals surface area contributed by atoms with Crippen molar-refractivity contribution in [2.24, 2.45) is 4.99 Å². The average molecular weight is 335 g/mol. The van der Waals surface area contributed by atoms with Crippen LogP contribution in [0.15, 0.2) is 35.3 Å². The van der Waals surface area contributed by atoms with Gasteiger partial charge in [0.05, 0.1) is 6.61 Å². The van der Waals surface area contributed by atoms with E-state index in [2.05, 4.69) is 11.9 Å². The van der Waals surface area contributed by atoms with Gasteiger partial charge >= 0.3 is 12.1 Å². The lowest BCUT2D eigenvalue weighted by Crippen LogP contribution is -2.41. The van der Waals surface area contributed by atoms with Crippen LogP contribution in [0, 0.1) is 0 Å². The zero-order valence-electron chi connectivity index (χ0n) is 14.4. The Morgan fingerprint density at radius 3 is 2.67 bits per heavy atom. The molecule has 24 heavy (non-hydrogen) atoms. The Labute approximate surface area is 142 Å². The van der Waals surface area contributed by atoms with Crippen molar-refractivity contribution < 1.29 is 23.7 Å². The van der Waals surface area contributed by atoms with Crippen molar-refractivity contribution in [1.29, 1.82) is 0 Å². The van der Waals surface area contributed by atoms with Crippen LogP contribution in [0.5, 0.6) is 0 Å². The molecule has 0 bridgehead atoms. The largest absolute Gasteiger partial charge is 0.450 e. The van der Waals surface area contributed by atoms with Crippen molar-refractivity contribution in [3.05, 3.63) is 35.9 Å². The third-order valence-corrected chi connectivity index (χ3v) is 3.56. The zero-order chi connectivity index (χ0) is 17.4. The second kappa shape index (κ2) is 9.39. The SMILES string of the molecule is CCCCOC1=NC(c2ccccc2)C(OC(C)OCC)C(=O)O1. The standard InChI is InChI=1S/C18H25NO5/c1-4-6-12-22-18-19-15(14-10-8-7-9-11-14)16(17(20)24-18)23-13(3)21-5-2/h7-11,13,15-16H,4-6,12H2,1-3H3. The van der Waals surface area contributed by atoms with E-state index in [0.29, 0.717) is 13.2 Å². The maximum atomic E-state index is 12.4. The van der Waals surface area contributed by atoms with E-state index in [1.165, 1.54) is 0 Å². The third-order valence-electron chi connectivity index (χ3n) is 3.56.